The van der Waals surface area contributed by atoms with Crippen molar-refractivity contribution in [2.45, 2.75) is 0 Å². The molecule has 108 valence electrons. The van der Waals surface area contributed by atoms with Gasteiger partial charge in [0, 0.05) is 15.6 Å². The summed E-state index contributed by atoms with van der Waals surface area (Å²) < 4.78 is 19.1. The standard InChI is InChI=1S/C15H12BrFN2O2/c1-21-14-6-5-12(16)7-11(14)9-18-19-15(20)10-3-2-4-13(17)8-10/h2-9H,1H3,(H,19,20)/b18-9+. The number of methoxy groups -OCH3 is 1. The number of hydrogen-bond acceptors (Lipinski definition) is 3. The molecular formula is C15H12BrFN2O2. The molecule has 0 bridgehead atoms. The summed E-state index contributed by atoms with van der Waals surface area (Å²) in [6.07, 6.45) is 1.46. The molecule has 0 aliphatic rings. The van der Waals surface area contributed by atoms with Gasteiger partial charge in [0.25, 0.3) is 5.91 Å². The zero-order valence-corrected chi connectivity index (χ0v) is 12.7. The number of nitrogens with one attached hydrogen (secondary N) is 1. The van der Waals surface area contributed by atoms with E-state index in [0.29, 0.717) is 11.3 Å². The summed E-state index contributed by atoms with van der Waals surface area (Å²) in [4.78, 5) is 11.8. The largest absolute Gasteiger partial charge is 0.496 e. The number of benzene rings is 2. The molecule has 1 amide bonds. The van der Waals surface area contributed by atoms with Crippen LogP contribution in [0.2, 0.25) is 0 Å². The number of carbonyl (C=O) groups excluding carboxylic acids is 1. The van der Waals surface area contributed by atoms with Crippen LogP contribution in [0.25, 0.3) is 0 Å². The highest BCUT2D eigenvalue weighted by Crippen LogP contribution is 2.21. The lowest BCUT2D eigenvalue weighted by atomic mass is 10.2. The van der Waals surface area contributed by atoms with E-state index in [2.05, 4.69) is 26.5 Å². The topological polar surface area (TPSA) is 50.7 Å². The summed E-state index contributed by atoms with van der Waals surface area (Å²) in [6.45, 7) is 0. The number of nitrogens with zero attached hydrogens (tertiary/aromatic N) is 1. The van der Waals surface area contributed by atoms with Crippen LogP contribution in [0.15, 0.2) is 52.0 Å². The van der Waals surface area contributed by atoms with Crippen LogP contribution in [0.5, 0.6) is 5.75 Å². The molecule has 1 N–H and O–H groups in total. The molecular weight excluding hydrogens is 339 g/mol. The number of hydrogen-bond donors (Lipinski definition) is 1. The van der Waals surface area contributed by atoms with Crippen molar-refractivity contribution < 1.29 is 13.9 Å². The fourth-order valence-corrected chi connectivity index (χ4v) is 2.04. The normalized spacial score (nSPS) is 10.6. The van der Waals surface area contributed by atoms with Gasteiger partial charge in [-0.1, -0.05) is 22.0 Å². The number of ether oxygens (including phenoxy) is 1. The minimum atomic E-state index is -0.486. The number of halogens is 2. The lowest BCUT2D eigenvalue weighted by molar-refractivity contribution is 0.0954. The van der Waals surface area contributed by atoms with Crippen LogP contribution in [-0.4, -0.2) is 19.2 Å². The molecule has 0 saturated carbocycles. The Balaban J connectivity index is 2.09. The molecule has 0 spiro atoms. The Morgan fingerprint density at radius 1 is 1.33 bits per heavy atom. The summed E-state index contributed by atoms with van der Waals surface area (Å²) in [5.74, 6) is -0.332. The summed E-state index contributed by atoms with van der Waals surface area (Å²) in [6, 6.07) is 10.8. The first-order chi connectivity index (χ1) is 10.1. The zero-order valence-electron chi connectivity index (χ0n) is 11.1. The third-order valence-corrected chi connectivity index (χ3v) is 3.14. The Kier molecular flexibility index (Phi) is 5.05. The fourth-order valence-electron chi connectivity index (χ4n) is 1.66. The molecule has 0 aliphatic heterocycles. The lowest BCUT2D eigenvalue weighted by Gasteiger charge is -2.04. The molecule has 0 heterocycles. The summed E-state index contributed by atoms with van der Waals surface area (Å²) in [5, 5.41) is 3.85. The maximum absolute atomic E-state index is 13.0. The third-order valence-electron chi connectivity index (χ3n) is 2.65. The number of amides is 1. The third kappa shape index (κ3) is 4.13. The van der Waals surface area contributed by atoms with Crippen LogP contribution in [0, 0.1) is 5.82 Å². The van der Waals surface area contributed by atoms with E-state index >= 15 is 0 Å². The Hall–Kier alpha value is -2.21. The Morgan fingerprint density at radius 3 is 2.86 bits per heavy atom. The van der Waals surface area contributed by atoms with Gasteiger partial charge in [-0.05, 0) is 36.4 Å². The summed E-state index contributed by atoms with van der Waals surface area (Å²) in [5.41, 5.74) is 3.24. The highest BCUT2D eigenvalue weighted by atomic mass is 79.9. The monoisotopic (exact) mass is 350 g/mol. The summed E-state index contributed by atoms with van der Waals surface area (Å²) >= 11 is 3.34. The average molecular weight is 351 g/mol. The van der Waals surface area contributed by atoms with Crippen molar-refractivity contribution in [3.8, 4) is 5.75 Å². The van der Waals surface area contributed by atoms with E-state index in [1.165, 1.54) is 24.4 Å². The minimum absolute atomic E-state index is 0.202. The van der Waals surface area contributed by atoms with Gasteiger partial charge in [-0.15, -0.1) is 0 Å². The lowest BCUT2D eigenvalue weighted by Crippen LogP contribution is -2.17. The van der Waals surface area contributed by atoms with Crippen molar-refractivity contribution in [3.05, 3.63) is 63.9 Å². The molecule has 2 rings (SSSR count). The Bertz CT molecular complexity index is 689. The van der Waals surface area contributed by atoms with E-state index in [9.17, 15) is 9.18 Å². The second-order valence-electron chi connectivity index (χ2n) is 4.10. The average Bonchev–Trinajstić information content (AvgIpc) is 2.47. The first-order valence-corrected chi connectivity index (χ1v) is 6.82. The number of rotatable bonds is 4. The molecule has 0 atom stereocenters. The predicted octanol–water partition coefficient (Wildman–Crippen LogP) is 3.36. The number of carbonyl (C=O) groups is 1. The predicted molar refractivity (Wildman–Crippen MR) is 82.2 cm³/mol. The molecule has 0 fully saturated rings. The highest BCUT2D eigenvalue weighted by molar-refractivity contribution is 9.10. The maximum Gasteiger partial charge on any atom is 0.271 e. The Morgan fingerprint density at radius 2 is 2.14 bits per heavy atom. The van der Waals surface area contributed by atoms with Gasteiger partial charge in [0.1, 0.15) is 11.6 Å². The molecule has 0 aromatic heterocycles. The minimum Gasteiger partial charge on any atom is -0.496 e. The van der Waals surface area contributed by atoms with Crippen LogP contribution in [0.3, 0.4) is 0 Å². The first kappa shape index (κ1) is 15.2. The molecule has 2 aromatic rings. The second kappa shape index (κ2) is 6.99. The molecule has 4 nitrogen and oxygen atoms in total. The van der Waals surface area contributed by atoms with Crippen molar-refractivity contribution >= 4 is 28.1 Å². The van der Waals surface area contributed by atoms with Crippen molar-refractivity contribution in [2.75, 3.05) is 7.11 Å². The van der Waals surface area contributed by atoms with Gasteiger partial charge in [0.15, 0.2) is 0 Å². The van der Waals surface area contributed by atoms with Crippen LogP contribution in [-0.2, 0) is 0 Å². The van der Waals surface area contributed by atoms with E-state index in [-0.39, 0.29) is 5.56 Å². The molecule has 0 radical (unpaired) electrons. The van der Waals surface area contributed by atoms with Gasteiger partial charge in [-0.2, -0.15) is 5.10 Å². The fraction of sp³-hybridized carbons (Fsp3) is 0.0667. The van der Waals surface area contributed by atoms with Crippen molar-refractivity contribution in [1.82, 2.24) is 5.43 Å². The smallest absolute Gasteiger partial charge is 0.271 e. The zero-order chi connectivity index (χ0) is 15.2. The quantitative estimate of drug-likeness (QED) is 0.678. The SMILES string of the molecule is COc1ccc(Br)cc1/C=N/NC(=O)c1cccc(F)c1. The summed E-state index contributed by atoms with van der Waals surface area (Å²) in [7, 11) is 1.55. The van der Waals surface area contributed by atoms with E-state index in [0.717, 1.165) is 10.5 Å². The molecule has 0 saturated heterocycles. The maximum atomic E-state index is 13.0. The highest BCUT2D eigenvalue weighted by Gasteiger charge is 2.05. The van der Waals surface area contributed by atoms with Gasteiger partial charge in [0.05, 0.1) is 13.3 Å². The number of hydrazone groups is 1. The van der Waals surface area contributed by atoms with Gasteiger partial charge in [-0.25, -0.2) is 9.82 Å². The molecule has 0 unspecified atom stereocenters. The van der Waals surface area contributed by atoms with Gasteiger partial charge in [0.2, 0.25) is 0 Å². The van der Waals surface area contributed by atoms with Crippen LogP contribution >= 0.6 is 15.9 Å². The second-order valence-corrected chi connectivity index (χ2v) is 5.01. The van der Waals surface area contributed by atoms with Gasteiger partial charge in [-0.3, -0.25) is 4.79 Å². The van der Waals surface area contributed by atoms with E-state index in [4.69, 9.17) is 4.74 Å². The molecule has 21 heavy (non-hydrogen) atoms. The van der Waals surface area contributed by atoms with Crippen LogP contribution in [0.4, 0.5) is 4.39 Å². The van der Waals surface area contributed by atoms with Crippen molar-refractivity contribution in [1.29, 1.82) is 0 Å². The molecule has 0 aliphatic carbocycles. The van der Waals surface area contributed by atoms with E-state index < -0.39 is 11.7 Å². The van der Waals surface area contributed by atoms with Crippen molar-refractivity contribution in [3.63, 3.8) is 0 Å². The van der Waals surface area contributed by atoms with E-state index in [1.54, 1.807) is 19.2 Å². The van der Waals surface area contributed by atoms with Crippen molar-refractivity contribution in [2.24, 2.45) is 5.10 Å². The van der Waals surface area contributed by atoms with E-state index in [1.807, 2.05) is 6.07 Å². The first-order valence-electron chi connectivity index (χ1n) is 6.02. The molecule has 6 heteroatoms. The Labute approximate surface area is 129 Å². The van der Waals surface area contributed by atoms with Crippen LogP contribution < -0.4 is 10.2 Å². The van der Waals surface area contributed by atoms with Crippen LogP contribution in [0.1, 0.15) is 15.9 Å². The van der Waals surface area contributed by atoms with Gasteiger partial charge < -0.3 is 4.74 Å². The molecule has 2 aromatic carbocycles. The van der Waals surface area contributed by atoms with Gasteiger partial charge >= 0.3 is 0 Å².